The molecule has 2 aromatic heterocycles. The predicted octanol–water partition coefficient (Wildman–Crippen LogP) is 5.07. The smallest absolute Gasteiger partial charge is 0.258 e. The number of pyridine rings is 1. The molecule has 1 aliphatic carbocycles. The van der Waals surface area contributed by atoms with Crippen LogP contribution in [0.2, 0.25) is 0 Å². The van der Waals surface area contributed by atoms with Gasteiger partial charge in [0.25, 0.3) is 5.89 Å². The number of methoxy groups -OCH3 is 1. The monoisotopic (exact) mass is 494 g/mol. The topological polar surface area (TPSA) is 103 Å². The maximum atomic E-state index is 10.3. The van der Waals surface area contributed by atoms with Crippen molar-refractivity contribution in [3.05, 3.63) is 41.1 Å². The van der Waals surface area contributed by atoms with E-state index in [1.54, 1.807) is 7.11 Å². The van der Waals surface area contributed by atoms with Crippen LogP contribution in [-0.2, 0) is 6.42 Å². The number of aromatic nitrogens is 3. The Morgan fingerprint density at radius 3 is 2.58 bits per heavy atom. The Bertz CT molecular complexity index is 1150. The molecule has 4 rings (SSSR count). The molecule has 194 valence electrons. The fourth-order valence-corrected chi connectivity index (χ4v) is 4.70. The molecule has 0 saturated heterocycles. The molecule has 0 spiro atoms. The van der Waals surface area contributed by atoms with E-state index in [-0.39, 0.29) is 6.61 Å². The van der Waals surface area contributed by atoms with Crippen LogP contribution in [0.5, 0.6) is 11.6 Å². The second-order valence-corrected chi connectivity index (χ2v) is 9.89. The van der Waals surface area contributed by atoms with Crippen molar-refractivity contribution < 1.29 is 19.1 Å². The van der Waals surface area contributed by atoms with Crippen LogP contribution < -0.4 is 14.8 Å². The summed E-state index contributed by atoms with van der Waals surface area (Å²) in [5, 5.41) is 17.7. The molecule has 1 atom stereocenters. The molecule has 1 unspecified atom stereocenters. The van der Waals surface area contributed by atoms with Gasteiger partial charge in [-0.2, -0.15) is 4.98 Å². The second-order valence-electron chi connectivity index (χ2n) is 9.89. The summed E-state index contributed by atoms with van der Waals surface area (Å²) in [4.78, 5) is 9.38. The molecule has 8 nitrogen and oxygen atoms in total. The number of hydrogen-bond donors (Lipinski definition) is 2. The van der Waals surface area contributed by atoms with E-state index in [4.69, 9.17) is 19.0 Å². The van der Waals surface area contributed by atoms with E-state index < -0.39 is 6.10 Å². The third kappa shape index (κ3) is 6.23. The van der Waals surface area contributed by atoms with Crippen LogP contribution in [0.1, 0.15) is 69.2 Å². The molecule has 0 aliphatic heterocycles. The first kappa shape index (κ1) is 26.1. The Morgan fingerprint density at radius 2 is 1.89 bits per heavy atom. The van der Waals surface area contributed by atoms with Crippen molar-refractivity contribution >= 4 is 0 Å². The summed E-state index contributed by atoms with van der Waals surface area (Å²) in [6.45, 7) is 8.90. The van der Waals surface area contributed by atoms with E-state index >= 15 is 0 Å². The third-order valence-electron chi connectivity index (χ3n) is 6.65. The molecule has 2 N–H and O–H groups in total. The first-order valence-electron chi connectivity index (χ1n) is 13.0. The van der Waals surface area contributed by atoms with Gasteiger partial charge in [0.2, 0.25) is 11.7 Å². The Morgan fingerprint density at radius 1 is 1.11 bits per heavy atom. The molecule has 1 fully saturated rings. The largest absolute Gasteiger partial charge is 0.490 e. The SMILES string of the molecule is CCc1cc(-c2noc(-c3cc(OC)nc(C4CCCC4)c3)n2)cc(C)c1OCC(O)CNC(C)C. The average Bonchev–Trinajstić information content (AvgIpc) is 3.59. The molecule has 0 bridgehead atoms. The summed E-state index contributed by atoms with van der Waals surface area (Å²) < 4.78 is 17.2. The van der Waals surface area contributed by atoms with Crippen molar-refractivity contribution in [2.75, 3.05) is 20.3 Å². The minimum absolute atomic E-state index is 0.229. The molecule has 3 aromatic rings. The molecule has 1 aromatic carbocycles. The van der Waals surface area contributed by atoms with E-state index in [9.17, 15) is 5.11 Å². The average molecular weight is 495 g/mol. The van der Waals surface area contributed by atoms with Gasteiger partial charge in [0.1, 0.15) is 18.5 Å². The summed E-state index contributed by atoms with van der Waals surface area (Å²) in [5.41, 5.74) is 4.71. The van der Waals surface area contributed by atoms with Gasteiger partial charge in [-0.1, -0.05) is 38.8 Å². The quantitative estimate of drug-likeness (QED) is 0.381. The van der Waals surface area contributed by atoms with Crippen LogP contribution >= 0.6 is 0 Å². The Hall–Kier alpha value is -2.97. The number of benzene rings is 1. The number of aryl methyl sites for hydroxylation is 2. The van der Waals surface area contributed by atoms with E-state index in [1.807, 2.05) is 25.1 Å². The minimum Gasteiger partial charge on any atom is -0.490 e. The van der Waals surface area contributed by atoms with Crippen molar-refractivity contribution in [1.29, 1.82) is 0 Å². The molecule has 0 amide bonds. The van der Waals surface area contributed by atoms with Gasteiger partial charge in [0, 0.05) is 41.4 Å². The summed E-state index contributed by atoms with van der Waals surface area (Å²) in [7, 11) is 1.63. The van der Waals surface area contributed by atoms with Gasteiger partial charge >= 0.3 is 0 Å². The Labute approximate surface area is 213 Å². The lowest BCUT2D eigenvalue weighted by atomic mass is 10.0. The fraction of sp³-hybridized carbons (Fsp3) is 0.536. The Kier molecular flexibility index (Phi) is 8.59. The van der Waals surface area contributed by atoms with E-state index in [0.29, 0.717) is 36.1 Å². The maximum absolute atomic E-state index is 10.3. The highest BCUT2D eigenvalue weighted by atomic mass is 16.5. The van der Waals surface area contributed by atoms with Gasteiger partial charge in [-0.15, -0.1) is 0 Å². The van der Waals surface area contributed by atoms with Crippen LogP contribution in [0, 0.1) is 6.92 Å². The lowest BCUT2D eigenvalue weighted by molar-refractivity contribution is 0.104. The summed E-state index contributed by atoms with van der Waals surface area (Å²) in [6.07, 6.45) is 4.96. The van der Waals surface area contributed by atoms with Crippen LogP contribution in [0.3, 0.4) is 0 Å². The number of aliphatic hydroxyl groups excluding tert-OH is 1. The lowest BCUT2D eigenvalue weighted by Crippen LogP contribution is -2.35. The summed E-state index contributed by atoms with van der Waals surface area (Å²) in [6, 6.07) is 8.24. The van der Waals surface area contributed by atoms with Crippen LogP contribution in [0.15, 0.2) is 28.8 Å². The van der Waals surface area contributed by atoms with Gasteiger partial charge < -0.3 is 24.4 Å². The summed E-state index contributed by atoms with van der Waals surface area (Å²) in [5.74, 6) is 2.78. The molecule has 1 saturated carbocycles. The van der Waals surface area contributed by atoms with Crippen molar-refractivity contribution in [2.45, 2.75) is 77.9 Å². The van der Waals surface area contributed by atoms with Gasteiger partial charge in [0.15, 0.2) is 0 Å². The second kappa shape index (κ2) is 11.8. The van der Waals surface area contributed by atoms with E-state index in [0.717, 1.165) is 53.0 Å². The van der Waals surface area contributed by atoms with Crippen LogP contribution in [0.4, 0.5) is 0 Å². The molecule has 1 aliphatic rings. The third-order valence-corrected chi connectivity index (χ3v) is 6.65. The molecule has 2 heterocycles. The maximum Gasteiger partial charge on any atom is 0.258 e. The van der Waals surface area contributed by atoms with Crippen molar-refractivity contribution in [3.8, 4) is 34.5 Å². The van der Waals surface area contributed by atoms with Gasteiger partial charge in [-0.25, -0.2) is 4.98 Å². The zero-order valence-electron chi connectivity index (χ0n) is 22.0. The fourth-order valence-electron chi connectivity index (χ4n) is 4.70. The number of nitrogens with one attached hydrogen (secondary N) is 1. The summed E-state index contributed by atoms with van der Waals surface area (Å²) >= 11 is 0. The zero-order chi connectivity index (χ0) is 25.7. The number of aliphatic hydroxyl groups is 1. The zero-order valence-corrected chi connectivity index (χ0v) is 22.0. The van der Waals surface area contributed by atoms with E-state index in [1.165, 1.54) is 12.8 Å². The van der Waals surface area contributed by atoms with Crippen molar-refractivity contribution in [2.24, 2.45) is 0 Å². The first-order valence-corrected chi connectivity index (χ1v) is 13.0. The molecule has 8 heteroatoms. The van der Waals surface area contributed by atoms with Gasteiger partial charge in [0.05, 0.1) is 7.11 Å². The van der Waals surface area contributed by atoms with Crippen molar-refractivity contribution in [1.82, 2.24) is 20.4 Å². The normalized spacial score (nSPS) is 15.0. The van der Waals surface area contributed by atoms with Crippen LogP contribution in [-0.4, -0.2) is 52.6 Å². The number of ether oxygens (including phenoxy) is 2. The minimum atomic E-state index is -0.581. The Balaban J connectivity index is 1.55. The van der Waals surface area contributed by atoms with Gasteiger partial charge in [-0.05, 0) is 55.5 Å². The number of hydrogen-bond acceptors (Lipinski definition) is 8. The molecule has 0 radical (unpaired) electrons. The van der Waals surface area contributed by atoms with Crippen molar-refractivity contribution in [3.63, 3.8) is 0 Å². The first-order chi connectivity index (χ1) is 17.4. The van der Waals surface area contributed by atoms with Crippen LogP contribution in [0.25, 0.3) is 22.8 Å². The number of nitrogens with zero attached hydrogens (tertiary/aromatic N) is 3. The highest BCUT2D eigenvalue weighted by Crippen LogP contribution is 2.36. The lowest BCUT2D eigenvalue weighted by Gasteiger charge is -2.18. The number of rotatable bonds is 11. The highest BCUT2D eigenvalue weighted by molar-refractivity contribution is 5.64. The van der Waals surface area contributed by atoms with E-state index in [2.05, 4.69) is 42.3 Å². The highest BCUT2D eigenvalue weighted by Gasteiger charge is 2.22. The molecular weight excluding hydrogens is 456 g/mol. The standard InChI is InChI=1S/C28H38N4O4/c1-6-19-12-21(11-18(4)26(19)35-16-23(33)15-29-17(2)3)27-31-28(36-32-27)22-13-24(20-9-7-8-10-20)30-25(14-22)34-5/h11-14,17,20,23,29,33H,6-10,15-16H2,1-5H3. The molecular formula is C28H38N4O4. The van der Waals surface area contributed by atoms with Gasteiger partial charge in [-0.3, -0.25) is 0 Å². The predicted molar refractivity (Wildman–Crippen MR) is 139 cm³/mol. The molecule has 36 heavy (non-hydrogen) atoms.